The van der Waals surface area contributed by atoms with Crippen LogP contribution in [-0.4, -0.2) is 0 Å². The molecule has 0 amide bonds. The van der Waals surface area contributed by atoms with Crippen LogP contribution in [0.15, 0.2) is 22.8 Å². The van der Waals surface area contributed by atoms with Crippen LogP contribution in [-0.2, 0) is 0 Å². The van der Waals surface area contributed by atoms with Gasteiger partial charge in [-0.05, 0) is 64.2 Å². The third kappa shape index (κ3) is 1.68. The third-order valence-electron chi connectivity index (χ3n) is 4.76. The van der Waals surface area contributed by atoms with Crippen molar-refractivity contribution in [1.82, 2.24) is 0 Å². The van der Waals surface area contributed by atoms with Gasteiger partial charge in [-0.25, -0.2) is 0 Å². The normalized spacial score (nSPS) is 35.9. The van der Waals surface area contributed by atoms with E-state index in [0.29, 0.717) is 5.41 Å². The van der Waals surface area contributed by atoms with Gasteiger partial charge in [0.15, 0.2) is 0 Å². The van der Waals surface area contributed by atoms with Gasteiger partial charge in [0.2, 0.25) is 0 Å². The highest BCUT2D eigenvalue weighted by Gasteiger charge is 2.44. The van der Waals surface area contributed by atoms with E-state index in [2.05, 4.69) is 33.8 Å². The number of hydrogen-bond donors (Lipinski definition) is 0. The molecule has 0 aliphatic heterocycles. The van der Waals surface area contributed by atoms with Gasteiger partial charge < -0.3 is 0 Å². The molecule has 0 N–H and O–H groups in total. The zero-order chi connectivity index (χ0) is 11.1. The van der Waals surface area contributed by atoms with Gasteiger partial charge in [-0.3, -0.25) is 0 Å². The summed E-state index contributed by atoms with van der Waals surface area (Å²) in [7, 11) is 0. The highest BCUT2D eigenvalue weighted by molar-refractivity contribution is 5.29. The van der Waals surface area contributed by atoms with Crippen molar-refractivity contribution < 1.29 is 0 Å². The maximum Gasteiger partial charge on any atom is -0.00223 e. The summed E-state index contributed by atoms with van der Waals surface area (Å²) in [5.74, 6) is 0.895. The van der Waals surface area contributed by atoms with Gasteiger partial charge in [0.1, 0.15) is 0 Å². The first-order valence-electron chi connectivity index (χ1n) is 6.39. The SMILES string of the molecule is CC1=CCC2(CC1)C(=C(C)C)CC[C@H]2C. The van der Waals surface area contributed by atoms with E-state index in [0.717, 1.165) is 5.92 Å². The summed E-state index contributed by atoms with van der Waals surface area (Å²) in [5.41, 5.74) is 5.54. The fraction of sp³-hybridized carbons (Fsp3) is 0.733. The molecule has 1 fully saturated rings. The fourth-order valence-corrected chi connectivity index (χ4v) is 3.63. The van der Waals surface area contributed by atoms with Crippen LogP contribution in [0.4, 0.5) is 0 Å². The fourth-order valence-electron chi connectivity index (χ4n) is 3.63. The van der Waals surface area contributed by atoms with Crippen LogP contribution in [0, 0.1) is 11.3 Å². The standard InChI is InChI=1S/C15H24/c1-11(2)14-6-5-13(4)15(14)9-7-12(3)8-10-15/h7,13H,5-6,8-10H2,1-4H3/t13-,15?/m1/s1. The highest BCUT2D eigenvalue weighted by atomic mass is 14.5. The summed E-state index contributed by atoms with van der Waals surface area (Å²) >= 11 is 0. The molecule has 2 aliphatic rings. The van der Waals surface area contributed by atoms with E-state index in [1.807, 2.05) is 0 Å². The van der Waals surface area contributed by atoms with Crippen molar-refractivity contribution in [2.75, 3.05) is 0 Å². The van der Waals surface area contributed by atoms with Crippen LogP contribution in [0.3, 0.4) is 0 Å². The van der Waals surface area contributed by atoms with E-state index in [1.54, 1.807) is 16.7 Å². The number of rotatable bonds is 0. The molecule has 84 valence electrons. The molecule has 0 radical (unpaired) electrons. The Morgan fingerprint density at radius 2 is 2.07 bits per heavy atom. The van der Waals surface area contributed by atoms with Crippen molar-refractivity contribution in [2.45, 2.75) is 59.8 Å². The lowest BCUT2D eigenvalue weighted by molar-refractivity contribution is 0.235. The lowest BCUT2D eigenvalue weighted by Crippen LogP contribution is -2.28. The predicted molar refractivity (Wildman–Crippen MR) is 66.8 cm³/mol. The van der Waals surface area contributed by atoms with Crippen molar-refractivity contribution >= 4 is 0 Å². The summed E-state index contributed by atoms with van der Waals surface area (Å²) < 4.78 is 0. The molecular weight excluding hydrogens is 180 g/mol. The smallest absolute Gasteiger partial charge is 0.00223 e. The Bertz CT molecular complexity index is 315. The second-order valence-electron chi connectivity index (χ2n) is 5.83. The molecule has 1 spiro atoms. The van der Waals surface area contributed by atoms with Gasteiger partial charge in [-0.15, -0.1) is 0 Å². The summed E-state index contributed by atoms with van der Waals surface area (Å²) in [5, 5.41) is 0. The molecule has 0 saturated heterocycles. The van der Waals surface area contributed by atoms with Crippen molar-refractivity contribution in [2.24, 2.45) is 11.3 Å². The van der Waals surface area contributed by atoms with Crippen LogP contribution in [0.1, 0.15) is 59.8 Å². The van der Waals surface area contributed by atoms with E-state index in [9.17, 15) is 0 Å². The van der Waals surface area contributed by atoms with Crippen molar-refractivity contribution in [3.05, 3.63) is 22.8 Å². The minimum atomic E-state index is 0.554. The first-order valence-corrected chi connectivity index (χ1v) is 6.39. The van der Waals surface area contributed by atoms with Gasteiger partial charge in [0.05, 0.1) is 0 Å². The number of allylic oxidation sites excluding steroid dienone is 4. The second-order valence-corrected chi connectivity index (χ2v) is 5.83. The Balaban J connectivity index is 2.36. The van der Waals surface area contributed by atoms with Gasteiger partial charge in [0.25, 0.3) is 0 Å². The van der Waals surface area contributed by atoms with E-state index in [4.69, 9.17) is 0 Å². The van der Waals surface area contributed by atoms with Crippen molar-refractivity contribution in [3.8, 4) is 0 Å². The van der Waals surface area contributed by atoms with Gasteiger partial charge in [-0.1, -0.05) is 29.7 Å². The van der Waals surface area contributed by atoms with E-state index < -0.39 is 0 Å². The molecule has 0 aromatic carbocycles. The molecule has 0 heteroatoms. The lowest BCUT2D eigenvalue weighted by atomic mass is 9.66. The highest BCUT2D eigenvalue weighted by Crippen LogP contribution is 2.56. The van der Waals surface area contributed by atoms with Crippen LogP contribution >= 0.6 is 0 Å². The summed E-state index contributed by atoms with van der Waals surface area (Å²) in [6.45, 7) is 9.36. The van der Waals surface area contributed by atoms with Crippen molar-refractivity contribution in [3.63, 3.8) is 0 Å². The summed E-state index contributed by atoms with van der Waals surface area (Å²) in [6, 6.07) is 0. The predicted octanol–water partition coefficient (Wildman–Crippen LogP) is 4.87. The molecule has 2 aliphatic carbocycles. The zero-order valence-corrected chi connectivity index (χ0v) is 10.7. The molecule has 0 aromatic rings. The molecule has 1 saturated carbocycles. The Kier molecular flexibility index (Phi) is 2.79. The molecule has 2 rings (SSSR count). The largest absolute Gasteiger partial charge is 0.0847 e. The van der Waals surface area contributed by atoms with Crippen LogP contribution in [0.25, 0.3) is 0 Å². The molecule has 2 atom stereocenters. The van der Waals surface area contributed by atoms with E-state index in [1.165, 1.54) is 32.1 Å². The van der Waals surface area contributed by atoms with Crippen LogP contribution in [0.2, 0.25) is 0 Å². The van der Waals surface area contributed by atoms with E-state index >= 15 is 0 Å². The third-order valence-corrected chi connectivity index (χ3v) is 4.76. The Morgan fingerprint density at radius 3 is 2.60 bits per heavy atom. The molecule has 1 unspecified atom stereocenters. The maximum absolute atomic E-state index is 2.49. The van der Waals surface area contributed by atoms with E-state index in [-0.39, 0.29) is 0 Å². The second kappa shape index (κ2) is 3.81. The minimum absolute atomic E-state index is 0.554. The Labute approximate surface area is 94.5 Å². The Morgan fingerprint density at radius 1 is 1.33 bits per heavy atom. The first kappa shape index (κ1) is 11.0. The molecule has 0 bridgehead atoms. The van der Waals surface area contributed by atoms with Gasteiger partial charge in [-0.2, -0.15) is 0 Å². The van der Waals surface area contributed by atoms with Gasteiger partial charge >= 0.3 is 0 Å². The Hall–Kier alpha value is -0.520. The number of hydrogen-bond acceptors (Lipinski definition) is 0. The topological polar surface area (TPSA) is 0 Å². The first-order chi connectivity index (χ1) is 7.06. The average Bonchev–Trinajstić information content (AvgIpc) is 2.50. The monoisotopic (exact) mass is 204 g/mol. The molecule has 15 heavy (non-hydrogen) atoms. The zero-order valence-electron chi connectivity index (χ0n) is 10.7. The summed E-state index contributed by atoms with van der Waals surface area (Å²) in [6.07, 6.45) is 9.29. The average molecular weight is 204 g/mol. The summed E-state index contributed by atoms with van der Waals surface area (Å²) in [4.78, 5) is 0. The van der Waals surface area contributed by atoms with Gasteiger partial charge in [0, 0.05) is 0 Å². The lowest BCUT2D eigenvalue weighted by Gasteiger charge is -2.38. The molecular formula is C15H24. The van der Waals surface area contributed by atoms with Crippen LogP contribution < -0.4 is 0 Å². The molecule has 0 nitrogen and oxygen atoms in total. The van der Waals surface area contributed by atoms with Crippen molar-refractivity contribution in [1.29, 1.82) is 0 Å². The van der Waals surface area contributed by atoms with Crippen LogP contribution in [0.5, 0.6) is 0 Å². The quantitative estimate of drug-likeness (QED) is 0.494. The minimum Gasteiger partial charge on any atom is -0.0847 e. The molecule has 0 heterocycles. The maximum atomic E-state index is 2.49. The molecule has 0 aromatic heterocycles.